The van der Waals surface area contributed by atoms with Gasteiger partial charge in [-0.25, -0.2) is 4.98 Å². The fourth-order valence-electron chi connectivity index (χ4n) is 2.20. The van der Waals surface area contributed by atoms with Crippen LogP contribution < -0.4 is 10.9 Å². The average Bonchev–Trinajstić information content (AvgIpc) is 2.98. The highest BCUT2D eigenvalue weighted by Crippen LogP contribution is 2.23. The van der Waals surface area contributed by atoms with Crippen molar-refractivity contribution in [2.24, 2.45) is 0 Å². The van der Waals surface area contributed by atoms with Crippen LogP contribution in [-0.4, -0.2) is 15.5 Å². The lowest BCUT2D eigenvalue weighted by Crippen LogP contribution is -2.22. The van der Waals surface area contributed by atoms with E-state index in [1.807, 2.05) is 12.3 Å². The molecule has 0 radical (unpaired) electrons. The Morgan fingerprint density at radius 2 is 2.04 bits per heavy atom. The van der Waals surface area contributed by atoms with Crippen molar-refractivity contribution in [3.63, 3.8) is 0 Å². The van der Waals surface area contributed by atoms with Crippen LogP contribution in [0.25, 0.3) is 0 Å². The number of halogens is 2. The van der Waals surface area contributed by atoms with Gasteiger partial charge in [0.15, 0.2) is 5.13 Å². The van der Waals surface area contributed by atoms with Crippen LogP contribution in [0.15, 0.2) is 46.7 Å². The second kappa shape index (κ2) is 7.39. The summed E-state index contributed by atoms with van der Waals surface area (Å²) in [5.74, 6) is -0.322. The van der Waals surface area contributed by atoms with Gasteiger partial charge in [-0.2, -0.15) is 0 Å². The number of carbonyl (C=O) groups is 1. The van der Waals surface area contributed by atoms with Gasteiger partial charge in [0.05, 0.1) is 27.8 Å². The van der Waals surface area contributed by atoms with Crippen molar-refractivity contribution in [2.75, 3.05) is 5.32 Å². The van der Waals surface area contributed by atoms with E-state index in [1.165, 1.54) is 34.2 Å². The lowest BCUT2D eigenvalue weighted by Gasteiger charge is -2.09. The van der Waals surface area contributed by atoms with Gasteiger partial charge < -0.3 is 4.57 Å². The first-order chi connectivity index (χ1) is 11.9. The predicted octanol–water partition coefficient (Wildman–Crippen LogP) is 4.22. The Morgan fingerprint density at radius 3 is 2.72 bits per heavy atom. The average molecular weight is 394 g/mol. The fourth-order valence-corrected chi connectivity index (χ4v) is 3.21. The van der Waals surface area contributed by atoms with Gasteiger partial charge in [0, 0.05) is 17.6 Å². The molecule has 0 unspecified atom stereocenters. The van der Waals surface area contributed by atoms with Crippen molar-refractivity contribution in [3.8, 4) is 0 Å². The van der Waals surface area contributed by atoms with Crippen LogP contribution in [0, 0.1) is 6.92 Å². The molecular formula is C17H13Cl2N3O2S. The largest absolute Gasteiger partial charge is 0.310 e. The van der Waals surface area contributed by atoms with Crippen molar-refractivity contribution >= 4 is 45.6 Å². The molecule has 1 aromatic carbocycles. The van der Waals surface area contributed by atoms with E-state index in [9.17, 15) is 9.59 Å². The van der Waals surface area contributed by atoms with Crippen LogP contribution in [0.4, 0.5) is 5.13 Å². The Bertz CT molecular complexity index is 998. The van der Waals surface area contributed by atoms with Gasteiger partial charge in [-0.1, -0.05) is 29.3 Å². The molecule has 2 heterocycles. The standard InChI is InChI=1S/C17H13Cl2N3O2S/c1-10-9-25-17(20-10)21-16(24)12-3-5-15(23)22(8-12)7-11-2-4-13(18)14(19)6-11/h2-6,8-9H,7H2,1H3,(H,20,21,24). The van der Waals surface area contributed by atoms with Crippen molar-refractivity contribution in [1.82, 2.24) is 9.55 Å². The first-order valence-corrected chi connectivity index (χ1v) is 8.94. The fraction of sp³-hybridized carbons (Fsp3) is 0.118. The number of benzene rings is 1. The number of hydrogen-bond donors (Lipinski definition) is 1. The van der Waals surface area contributed by atoms with E-state index >= 15 is 0 Å². The molecule has 128 valence electrons. The van der Waals surface area contributed by atoms with E-state index in [1.54, 1.807) is 18.2 Å². The lowest BCUT2D eigenvalue weighted by molar-refractivity contribution is 0.102. The van der Waals surface area contributed by atoms with Crippen LogP contribution in [0.1, 0.15) is 21.6 Å². The zero-order valence-electron chi connectivity index (χ0n) is 13.1. The normalized spacial score (nSPS) is 10.7. The third kappa shape index (κ3) is 4.28. The van der Waals surface area contributed by atoms with E-state index in [0.29, 0.717) is 20.7 Å². The summed E-state index contributed by atoms with van der Waals surface area (Å²) in [5.41, 5.74) is 1.80. The molecule has 1 amide bonds. The minimum atomic E-state index is -0.322. The number of rotatable bonds is 4. The number of carbonyl (C=O) groups excluding carboxylic acids is 1. The molecule has 8 heteroatoms. The van der Waals surface area contributed by atoms with Gasteiger partial charge in [0.1, 0.15) is 0 Å². The summed E-state index contributed by atoms with van der Waals surface area (Å²) in [4.78, 5) is 28.6. The molecule has 2 aromatic heterocycles. The summed E-state index contributed by atoms with van der Waals surface area (Å²) in [6.45, 7) is 2.14. The van der Waals surface area contributed by atoms with Gasteiger partial charge >= 0.3 is 0 Å². The number of amides is 1. The summed E-state index contributed by atoms with van der Waals surface area (Å²) in [7, 11) is 0. The number of hydrogen-bond acceptors (Lipinski definition) is 4. The summed E-state index contributed by atoms with van der Waals surface area (Å²) in [6.07, 6.45) is 1.51. The first-order valence-electron chi connectivity index (χ1n) is 7.30. The lowest BCUT2D eigenvalue weighted by atomic mass is 10.2. The molecule has 1 N–H and O–H groups in total. The molecule has 0 spiro atoms. The number of aryl methyl sites for hydroxylation is 1. The molecule has 3 rings (SSSR count). The van der Waals surface area contributed by atoms with Gasteiger partial charge in [-0.3, -0.25) is 14.9 Å². The van der Waals surface area contributed by atoms with Crippen LogP contribution >= 0.6 is 34.5 Å². The molecule has 5 nitrogen and oxygen atoms in total. The molecular weight excluding hydrogens is 381 g/mol. The van der Waals surface area contributed by atoms with Crippen LogP contribution in [0.3, 0.4) is 0 Å². The minimum Gasteiger partial charge on any atom is -0.310 e. The van der Waals surface area contributed by atoms with Crippen molar-refractivity contribution in [3.05, 3.63) is 79.1 Å². The number of nitrogens with one attached hydrogen (secondary N) is 1. The minimum absolute atomic E-state index is 0.215. The number of aromatic nitrogens is 2. The quantitative estimate of drug-likeness (QED) is 0.721. The zero-order chi connectivity index (χ0) is 18.0. The predicted molar refractivity (Wildman–Crippen MR) is 101 cm³/mol. The highest BCUT2D eigenvalue weighted by Gasteiger charge is 2.10. The Kier molecular flexibility index (Phi) is 5.22. The Hall–Kier alpha value is -2.15. The van der Waals surface area contributed by atoms with E-state index in [0.717, 1.165) is 11.3 Å². The maximum absolute atomic E-state index is 12.3. The molecule has 25 heavy (non-hydrogen) atoms. The Balaban J connectivity index is 1.83. The van der Waals surface area contributed by atoms with Gasteiger partial charge in [0.2, 0.25) is 0 Å². The smallest absolute Gasteiger partial charge is 0.258 e. The summed E-state index contributed by atoms with van der Waals surface area (Å²) in [5, 5.41) is 5.95. The third-order valence-corrected chi connectivity index (χ3v) is 5.04. The Morgan fingerprint density at radius 1 is 1.24 bits per heavy atom. The second-order valence-electron chi connectivity index (χ2n) is 5.38. The molecule has 0 atom stereocenters. The van der Waals surface area contributed by atoms with E-state index < -0.39 is 0 Å². The highest BCUT2D eigenvalue weighted by atomic mass is 35.5. The summed E-state index contributed by atoms with van der Waals surface area (Å²) in [6, 6.07) is 8.00. The third-order valence-electron chi connectivity index (χ3n) is 3.42. The molecule has 3 aromatic rings. The van der Waals surface area contributed by atoms with Crippen molar-refractivity contribution in [2.45, 2.75) is 13.5 Å². The molecule has 0 aliphatic rings. The maximum atomic E-state index is 12.3. The van der Waals surface area contributed by atoms with Crippen molar-refractivity contribution in [1.29, 1.82) is 0 Å². The van der Waals surface area contributed by atoms with Crippen LogP contribution in [0.2, 0.25) is 10.0 Å². The second-order valence-corrected chi connectivity index (χ2v) is 7.05. The zero-order valence-corrected chi connectivity index (χ0v) is 15.5. The summed E-state index contributed by atoms with van der Waals surface area (Å²) < 4.78 is 1.45. The molecule has 0 fully saturated rings. The number of nitrogens with zero attached hydrogens (tertiary/aromatic N) is 2. The monoisotopic (exact) mass is 393 g/mol. The number of pyridine rings is 1. The van der Waals surface area contributed by atoms with Gasteiger partial charge in [0.25, 0.3) is 11.5 Å². The van der Waals surface area contributed by atoms with E-state index in [-0.39, 0.29) is 18.0 Å². The summed E-state index contributed by atoms with van der Waals surface area (Å²) >= 11 is 13.3. The topological polar surface area (TPSA) is 64.0 Å². The SMILES string of the molecule is Cc1csc(NC(=O)c2ccc(=O)n(Cc3ccc(Cl)c(Cl)c3)c2)n1. The van der Waals surface area contributed by atoms with Crippen molar-refractivity contribution < 1.29 is 4.79 Å². The van der Waals surface area contributed by atoms with Gasteiger partial charge in [-0.15, -0.1) is 11.3 Å². The Labute approximate surface area is 157 Å². The molecule has 0 bridgehead atoms. The highest BCUT2D eigenvalue weighted by molar-refractivity contribution is 7.13. The van der Waals surface area contributed by atoms with Gasteiger partial charge in [-0.05, 0) is 30.7 Å². The van der Waals surface area contributed by atoms with Crippen LogP contribution in [0.5, 0.6) is 0 Å². The van der Waals surface area contributed by atoms with Crippen LogP contribution in [-0.2, 0) is 6.54 Å². The van der Waals surface area contributed by atoms with E-state index in [4.69, 9.17) is 23.2 Å². The first kappa shape index (κ1) is 17.7. The molecule has 0 saturated carbocycles. The van der Waals surface area contributed by atoms with E-state index in [2.05, 4.69) is 10.3 Å². The molecule has 0 aliphatic carbocycles. The molecule has 0 saturated heterocycles. The maximum Gasteiger partial charge on any atom is 0.258 e. The number of thiazole rings is 1. The molecule has 0 aliphatic heterocycles. The number of anilines is 1.